The second kappa shape index (κ2) is 6.04. The number of hydrogen-bond donors (Lipinski definition) is 1. The fourth-order valence-corrected chi connectivity index (χ4v) is 3.67. The van der Waals surface area contributed by atoms with Crippen LogP contribution in [0.1, 0.15) is 25.5 Å². The van der Waals surface area contributed by atoms with Crippen LogP contribution in [0.2, 0.25) is 0 Å². The van der Waals surface area contributed by atoms with Crippen molar-refractivity contribution in [1.29, 1.82) is 0 Å². The topological polar surface area (TPSA) is 85.8 Å². The first kappa shape index (κ1) is 14.5. The number of nitrogens with zero attached hydrogens (tertiary/aromatic N) is 1. The molecule has 0 amide bonds. The van der Waals surface area contributed by atoms with Crippen molar-refractivity contribution < 1.29 is 17.6 Å². The average Bonchev–Trinajstić information content (AvgIpc) is 2.89. The van der Waals surface area contributed by atoms with E-state index in [1.807, 2.05) is 6.92 Å². The summed E-state index contributed by atoms with van der Waals surface area (Å²) in [6, 6.07) is 3.05. The van der Waals surface area contributed by atoms with Gasteiger partial charge in [-0.3, -0.25) is 0 Å². The van der Waals surface area contributed by atoms with Crippen LogP contribution in [0.15, 0.2) is 21.6 Å². The van der Waals surface area contributed by atoms with Gasteiger partial charge in [0.05, 0.1) is 12.6 Å². The van der Waals surface area contributed by atoms with Crippen molar-refractivity contribution in [1.82, 2.24) is 4.31 Å². The van der Waals surface area contributed by atoms with Crippen LogP contribution < -0.4 is 5.73 Å². The van der Waals surface area contributed by atoms with Gasteiger partial charge in [0.2, 0.25) is 5.09 Å². The van der Waals surface area contributed by atoms with Crippen LogP contribution in [0.25, 0.3) is 0 Å². The van der Waals surface area contributed by atoms with Crippen LogP contribution in [-0.2, 0) is 21.3 Å². The molecule has 1 atom stereocenters. The second-order valence-corrected chi connectivity index (χ2v) is 6.38. The molecular weight excluding hydrogens is 268 g/mol. The SMILES string of the molecule is CCOC1CCCN(S(=O)(=O)c2ccc(CN)o2)C1. The lowest BCUT2D eigenvalue weighted by Crippen LogP contribution is -2.43. The first-order valence-corrected chi connectivity index (χ1v) is 7.92. The van der Waals surface area contributed by atoms with E-state index in [1.54, 1.807) is 6.07 Å². The van der Waals surface area contributed by atoms with Crippen molar-refractivity contribution >= 4 is 10.0 Å². The van der Waals surface area contributed by atoms with Gasteiger partial charge >= 0.3 is 0 Å². The fourth-order valence-electron chi connectivity index (χ4n) is 2.23. The first-order chi connectivity index (χ1) is 9.07. The van der Waals surface area contributed by atoms with E-state index in [0.717, 1.165) is 12.8 Å². The van der Waals surface area contributed by atoms with Crippen LogP contribution in [0.5, 0.6) is 0 Å². The molecule has 1 saturated heterocycles. The summed E-state index contributed by atoms with van der Waals surface area (Å²) in [5, 5.41) is -0.0369. The Balaban J connectivity index is 2.14. The lowest BCUT2D eigenvalue weighted by Gasteiger charge is -2.30. The zero-order valence-electron chi connectivity index (χ0n) is 11.0. The Bertz CT molecular complexity index is 510. The normalized spacial score (nSPS) is 21.7. The van der Waals surface area contributed by atoms with E-state index < -0.39 is 10.0 Å². The number of furan rings is 1. The van der Waals surface area contributed by atoms with E-state index in [9.17, 15) is 8.42 Å². The Hall–Kier alpha value is -0.890. The largest absolute Gasteiger partial charge is 0.447 e. The molecule has 6 nitrogen and oxygen atoms in total. The Kier molecular flexibility index (Phi) is 4.62. The van der Waals surface area contributed by atoms with Crippen molar-refractivity contribution in [2.45, 2.75) is 37.5 Å². The van der Waals surface area contributed by atoms with Crippen LogP contribution in [0, 0.1) is 0 Å². The smallest absolute Gasteiger partial charge is 0.276 e. The molecule has 1 aliphatic heterocycles. The highest BCUT2D eigenvalue weighted by Crippen LogP contribution is 2.23. The van der Waals surface area contributed by atoms with Gasteiger partial charge in [0, 0.05) is 19.7 Å². The molecule has 1 unspecified atom stereocenters. The summed E-state index contributed by atoms with van der Waals surface area (Å²) in [7, 11) is -3.57. The molecule has 0 aromatic carbocycles. The van der Waals surface area contributed by atoms with E-state index in [2.05, 4.69) is 0 Å². The predicted octanol–water partition coefficient (Wildman–Crippen LogP) is 0.928. The van der Waals surface area contributed by atoms with E-state index in [4.69, 9.17) is 14.9 Å². The van der Waals surface area contributed by atoms with Crippen LogP contribution in [0.4, 0.5) is 0 Å². The molecule has 0 bridgehead atoms. The van der Waals surface area contributed by atoms with Crippen LogP contribution in [0.3, 0.4) is 0 Å². The van der Waals surface area contributed by atoms with Gasteiger partial charge in [0.15, 0.2) is 0 Å². The third-order valence-corrected chi connectivity index (χ3v) is 4.91. The number of sulfonamides is 1. The Morgan fingerprint density at radius 1 is 1.53 bits per heavy atom. The average molecular weight is 288 g/mol. The van der Waals surface area contributed by atoms with Gasteiger partial charge in [-0.15, -0.1) is 0 Å². The molecule has 1 aromatic heterocycles. The second-order valence-electron chi connectivity index (χ2n) is 4.51. The van der Waals surface area contributed by atoms with Gasteiger partial charge in [0.25, 0.3) is 10.0 Å². The molecular formula is C12H20N2O4S. The third kappa shape index (κ3) is 3.17. The van der Waals surface area contributed by atoms with E-state index in [-0.39, 0.29) is 17.7 Å². The molecule has 0 aliphatic carbocycles. The Labute approximate surface area is 113 Å². The summed E-state index contributed by atoms with van der Waals surface area (Å²) in [6.07, 6.45) is 1.66. The molecule has 1 fully saturated rings. The standard InChI is InChI=1S/C12H20N2O4S/c1-2-17-11-4-3-7-14(9-11)19(15,16)12-6-5-10(8-13)18-12/h5-6,11H,2-4,7-9,13H2,1H3. The Morgan fingerprint density at radius 2 is 2.32 bits per heavy atom. The maximum atomic E-state index is 12.4. The summed E-state index contributed by atoms with van der Waals surface area (Å²) in [6.45, 7) is 3.58. The quantitative estimate of drug-likeness (QED) is 0.871. The van der Waals surface area contributed by atoms with Gasteiger partial charge in [-0.25, -0.2) is 8.42 Å². The van der Waals surface area contributed by atoms with Gasteiger partial charge in [-0.1, -0.05) is 0 Å². The fraction of sp³-hybridized carbons (Fsp3) is 0.667. The summed E-state index contributed by atoms with van der Waals surface area (Å²) < 4.78 is 37.0. The highest BCUT2D eigenvalue weighted by molar-refractivity contribution is 7.89. The number of hydrogen-bond acceptors (Lipinski definition) is 5. The van der Waals surface area contributed by atoms with Crippen molar-refractivity contribution in [2.75, 3.05) is 19.7 Å². The minimum atomic E-state index is -3.57. The molecule has 1 aliphatic rings. The minimum Gasteiger partial charge on any atom is -0.447 e. The molecule has 0 saturated carbocycles. The lowest BCUT2D eigenvalue weighted by atomic mass is 10.1. The summed E-state index contributed by atoms with van der Waals surface area (Å²) in [5.74, 6) is 0.469. The summed E-state index contributed by atoms with van der Waals surface area (Å²) in [5.41, 5.74) is 5.42. The molecule has 2 N–H and O–H groups in total. The highest BCUT2D eigenvalue weighted by atomic mass is 32.2. The molecule has 108 valence electrons. The van der Waals surface area contributed by atoms with Crippen LogP contribution >= 0.6 is 0 Å². The molecule has 7 heteroatoms. The number of rotatable bonds is 5. The Morgan fingerprint density at radius 3 is 2.95 bits per heavy atom. The van der Waals surface area contributed by atoms with Crippen LogP contribution in [-0.4, -0.2) is 38.5 Å². The summed E-state index contributed by atoms with van der Waals surface area (Å²) >= 11 is 0. The predicted molar refractivity (Wildman–Crippen MR) is 70.0 cm³/mol. The van der Waals surface area contributed by atoms with Gasteiger partial charge in [-0.05, 0) is 31.9 Å². The lowest BCUT2D eigenvalue weighted by molar-refractivity contribution is 0.0262. The molecule has 2 heterocycles. The van der Waals surface area contributed by atoms with Gasteiger partial charge in [-0.2, -0.15) is 4.31 Å². The number of piperidine rings is 1. The van der Waals surface area contributed by atoms with Crippen molar-refractivity contribution in [3.05, 3.63) is 17.9 Å². The maximum Gasteiger partial charge on any atom is 0.276 e. The van der Waals surface area contributed by atoms with E-state index in [0.29, 0.717) is 25.5 Å². The van der Waals surface area contributed by atoms with E-state index >= 15 is 0 Å². The summed E-state index contributed by atoms with van der Waals surface area (Å²) in [4.78, 5) is 0. The van der Waals surface area contributed by atoms with E-state index in [1.165, 1.54) is 10.4 Å². The molecule has 0 radical (unpaired) electrons. The molecule has 1 aromatic rings. The molecule has 19 heavy (non-hydrogen) atoms. The van der Waals surface area contributed by atoms with Gasteiger partial charge < -0.3 is 14.9 Å². The minimum absolute atomic E-state index is 0.0301. The van der Waals surface area contributed by atoms with Crippen molar-refractivity contribution in [3.63, 3.8) is 0 Å². The third-order valence-electron chi connectivity index (χ3n) is 3.18. The zero-order valence-corrected chi connectivity index (χ0v) is 11.9. The maximum absolute atomic E-state index is 12.4. The molecule has 0 spiro atoms. The number of ether oxygens (including phenoxy) is 1. The monoisotopic (exact) mass is 288 g/mol. The first-order valence-electron chi connectivity index (χ1n) is 6.48. The number of nitrogens with two attached hydrogens (primary N) is 1. The van der Waals surface area contributed by atoms with Gasteiger partial charge in [0.1, 0.15) is 5.76 Å². The molecule has 2 rings (SSSR count). The van der Waals surface area contributed by atoms with Crippen molar-refractivity contribution in [2.24, 2.45) is 5.73 Å². The zero-order chi connectivity index (χ0) is 13.9. The highest BCUT2D eigenvalue weighted by Gasteiger charge is 2.32. The van der Waals surface area contributed by atoms with Crippen molar-refractivity contribution in [3.8, 4) is 0 Å².